The van der Waals surface area contributed by atoms with Crippen molar-refractivity contribution < 1.29 is 28.7 Å². The second kappa shape index (κ2) is 17.9. The summed E-state index contributed by atoms with van der Waals surface area (Å²) in [4.78, 5) is 51.9. The number of anilines is 2. The maximum Gasteiger partial charge on any atom is 0.338 e. The highest BCUT2D eigenvalue weighted by Gasteiger charge is 2.16. The van der Waals surface area contributed by atoms with E-state index >= 15 is 0 Å². The highest BCUT2D eigenvalue weighted by atomic mass is 32.2. The Morgan fingerprint density at radius 2 is 1.40 bits per heavy atom. The number of esters is 1. The molecule has 0 saturated carbocycles. The number of thioether (sulfide) groups is 1. The molecule has 0 aliphatic carbocycles. The van der Waals surface area contributed by atoms with E-state index in [-0.39, 0.29) is 24.0 Å². The van der Waals surface area contributed by atoms with Crippen LogP contribution in [0.2, 0.25) is 0 Å². The fourth-order valence-corrected chi connectivity index (χ4v) is 5.38. The van der Waals surface area contributed by atoms with Crippen molar-refractivity contribution in [2.45, 2.75) is 18.4 Å². The van der Waals surface area contributed by atoms with Gasteiger partial charge < -0.3 is 25.4 Å². The minimum absolute atomic E-state index is 0.0446. The third-order valence-corrected chi connectivity index (χ3v) is 8.10. The molecule has 0 fully saturated rings. The fourth-order valence-electron chi connectivity index (χ4n) is 4.62. The third-order valence-electron chi connectivity index (χ3n) is 7.11. The van der Waals surface area contributed by atoms with Gasteiger partial charge in [-0.2, -0.15) is 0 Å². The number of hydrogen-bond acceptors (Lipinski definition) is 7. The van der Waals surface area contributed by atoms with Gasteiger partial charge in [-0.1, -0.05) is 66.7 Å². The van der Waals surface area contributed by atoms with Crippen LogP contribution >= 0.6 is 11.8 Å². The normalized spacial score (nSPS) is 10.9. The lowest BCUT2D eigenvalue weighted by molar-refractivity contribution is -0.114. The monoisotopic (exact) mass is 685 g/mol. The summed E-state index contributed by atoms with van der Waals surface area (Å²) in [5.41, 5.74) is 3.62. The van der Waals surface area contributed by atoms with Crippen molar-refractivity contribution >= 4 is 52.9 Å². The van der Waals surface area contributed by atoms with Gasteiger partial charge in [0.15, 0.2) is 0 Å². The minimum atomic E-state index is -0.523. The van der Waals surface area contributed by atoms with Gasteiger partial charge in [0.1, 0.15) is 18.1 Å². The standard InChI is InChI=1S/C40H35N3O6S/c1-2-48-40(47)31-18-20-32(21-19-31)41-37(44)27-50-35-15-9-14-33(25-35)42-39(46)36(43-38(45)30-12-7-4-8-13-30)24-28-16-22-34(23-17-28)49-26-29-10-5-3-6-11-29/h3-25H,2,26-27H2,1H3,(H,41,44)(H,42,46)(H,43,45)/b36-24-. The van der Waals surface area contributed by atoms with E-state index in [1.54, 1.807) is 110 Å². The van der Waals surface area contributed by atoms with Gasteiger partial charge in [0.25, 0.3) is 11.8 Å². The van der Waals surface area contributed by atoms with Gasteiger partial charge in [0.05, 0.1) is 17.9 Å². The number of nitrogens with one attached hydrogen (secondary N) is 3. The molecule has 0 aliphatic heterocycles. The molecule has 3 amide bonds. The first kappa shape index (κ1) is 35.2. The van der Waals surface area contributed by atoms with E-state index in [1.165, 1.54) is 11.8 Å². The van der Waals surface area contributed by atoms with Gasteiger partial charge in [0.2, 0.25) is 5.91 Å². The largest absolute Gasteiger partial charge is 0.489 e. The average Bonchev–Trinajstić information content (AvgIpc) is 3.14. The number of benzene rings is 5. The SMILES string of the molecule is CCOC(=O)c1ccc(NC(=O)CSc2cccc(NC(=O)/C(=C/c3ccc(OCc4ccccc4)cc3)NC(=O)c3ccccc3)c2)cc1. The Morgan fingerprint density at radius 1 is 0.700 bits per heavy atom. The smallest absolute Gasteiger partial charge is 0.338 e. The van der Waals surface area contributed by atoms with Gasteiger partial charge >= 0.3 is 5.97 Å². The van der Waals surface area contributed by atoms with Crippen LogP contribution in [0.4, 0.5) is 11.4 Å². The van der Waals surface area contributed by atoms with Gasteiger partial charge in [0, 0.05) is 21.8 Å². The Kier molecular flexibility index (Phi) is 12.6. The molecule has 10 heteroatoms. The molecular formula is C40H35N3O6S. The van der Waals surface area contributed by atoms with E-state index in [4.69, 9.17) is 9.47 Å². The van der Waals surface area contributed by atoms with Gasteiger partial charge in [-0.05, 0) is 90.9 Å². The van der Waals surface area contributed by atoms with Crippen LogP contribution in [0.25, 0.3) is 6.08 Å². The van der Waals surface area contributed by atoms with Gasteiger partial charge in [-0.3, -0.25) is 14.4 Å². The number of rotatable bonds is 14. The number of carbonyl (C=O) groups is 4. The lowest BCUT2D eigenvalue weighted by Gasteiger charge is -2.12. The molecule has 5 aromatic rings. The van der Waals surface area contributed by atoms with Crippen molar-refractivity contribution in [2.75, 3.05) is 23.0 Å². The number of ether oxygens (including phenoxy) is 2. The van der Waals surface area contributed by atoms with E-state index in [0.717, 1.165) is 10.5 Å². The molecular weight excluding hydrogens is 651 g/mol. The van der Waals surface area contributed by atoms with Crippen molar-refractivity contribution in [2.24, 2.45) is 0 Å². The second-order valence-corrected chi connectivity index (χ2v) is 11.9. The van der Waals surface area contributed by atoms with Crippen molar-refractivity contribution in [3.05, 3.63) is 161 Å². The summed E-state index contributed by atoms with van der Waals surface area (Å²) < 4.78 is 10.9. The zero-order valence-electron chi connectivity index (χ0n) is 27.3. The van der Waals surface area contributed by atoms with E-state index in [0.29, 0.717) is 40.4 Å². The zero-order chi connectivity index (χ0) is 35.1. The van der Waals surface area contributed by atoms with Gasteiger partial charge in [-0.15, -0.1) is 11.8 Å². The molecule has 0 heterocycles. The van der Waals surface area contributed by atoms with Crippen LogP contribution in [0.3, 0.4) is 0 Å². The maximum absolute atomic E-state index is 13.6. The van der Waals surface area contributed by atoms with E-state index in [2.05, 4.69) is 16.0 Å². The predicted octanol–water partition coefficient (Wildman–Crippen LogP) is 7.58. The Bertz CT molecular complexity index is 1950. The highest BCUT2D eigenvalue weighted by Crippen LogP contribution is 2.23. The first-order valence-corrected chi connectivity index (χ1v) is 16.8. The first-order chi connectivity index (χ1) is 24.4. The number of amides is 3. The molecule has 0 saturated heterocycles. The quantitative estimate of drug-likeness (QED) is 0.0626. The van der Waals surface area contributed by atoms with Crippen molar-refractivity contribution in [3.63, 3.8) is 0 Å². The molecule has 0 aromatic heterocycles. The molecule has 5 rings (SSSR count). The highest BCUT2D eigenvalue weighted by molar-refractivity contribution is 8.00. The minimum Gasteiger partial charge on any atom is -0.489 e. The molecule has 0 atom stereocenters. The molecule has 9 nitrogen and oxygen atoms in total. The summed E-state index contributed by atoms with van der Waals surface area (Å²) in [6.45, 7) is 2.44. The number of hydrogen-bond donors (Lipinski definition) is 3. The fraction of sp³-hybridized carbons (Fsp3) is 0.100. The molecule has 0 spiro atoms. The molecule has 50 heavy (non-hydrogen) atoms. The Labute approximate surface area is 294 Å². The lowest BCUT2D eigenvalue weighted by Crippen LogP contribution is -2.30. The molecule has 0 aliphatic rings. The predicted molar refractivity (Wildman–Crippen MR) is 196 cm³/mol. The molecule has 0 radical (unpaired) electrons. The van der Waals surface area contributed by atoms with E-state index < -0.39 is 17.8 Å². The summed E-state index contributed by atoms with van der Waals surface area (Å²) >= 11 is 1.29. The number of carbonyl (C=O) groups excluding carboxylic acids is 4. The van der Waals surface area contributed by atoms with Crippen molar-refractivity contribution in [3.8, 4) is 5.75 Å². The van der Waals surface area contributed by atoms with Crippen LogP contribution in [0.15, 0.2) is 144 Å². The van der Waals surface area contributed by atoms with Crippen LogP contribution in [-0.4, -0.2) is 36.1 Å². The van der Waals surface area contributed by atoms with Crippen LogP contribution in [0, 0.1) is 0 Å². The Hall–Kier alpha value is -6.13. The molecule has 0 unspecified atom stereocenters. The summed E-state index contributed by atoms with van der Waals surface area (Å²) in [6.07, 6.45) is 1.60. The van der Waals surface area contributed by atoms with Crippen molar-refractivity contribution in [1.29, 1.82) is 0 Å². The molecule has 5 aromatic carbocycles. The second-order valence-electron chi connectivity index (χ2n) is 10.8. The van der Waals surface area contributed by atoms with E-state index in [9.17, 15) is 19.2 Å². The Balaban J connectivity index is 1.23. The van der Waals surface area contributed by atoms with Crippen LogP contribution < -0.4 is 20.7 Å². The van der Waals surface area contributed by atoms with E-state index in [1.807, 2.05) is 36.4 Å². The average molecular weight is 686 g/mol. The van der Waals surface area contributed by atoms with Crippen LogP contribution in [0.1, 0.15) is 38.8 Å². The third kappa shape index (κ3) is 10.7. The van der Waals surface area contributed by atoms with Gasteiger partial charge in [-0.25, -0.2) is 4.79 Å². The zero-order valence-corrected chi connectivity index (χ0v) is 28.1. The van der Waals surface area contributed by atoms with Crippen LogP contribution in [-0.2, 0) is 20.9 Å². The van der Waals surface area contributed by atoms with Crippen LogP contribution in [0.5, 0.6) is 5.75 Å². The summed E-state index contributed by atoms with van der Waals surface area (Å²) in [5.74, 6) is -0.835. The molecule has 3 N–H and O–H groups in total. The lowest BCUT2D eigenvalue weighted by atomic mass is 10.1. The summed E-state index contributed by atoms with van der Waals surface area (Å²) in [5, 5.41) is 8.42. The molecule has 0 bridgehead atoms. The van der Waals surface area contributed by atoms with Crippen molar-refractivity contribution in [1.82, 2.24) is 5.32 Å². The molecule has 252 valence electrons. The summed E-state index contributed by atoms with van der Waals surface area (Å²) in [7, 11) is 0. The topological polar surface area (TPSA) is 123 Å². The summed E-state index contributed by atoms with van der Waals surface area (Å²) in [6, 6.07) is 39.2. The first-order valence-electron chi connectivity index (χ1n) is 15.8. The maximum atomic E-state index is 13.6. The Morgan fingerprint density at radius 3 is 2.10 bits per heavy atom.